The van der Waals surface area contributed by atoms with Crippen LogP contribution in [0.5, 0.6) is 0 Å². The van der Waals surface area contributed by atoms with Gasteiger partial charge in [0, 0.05) is 11.8 Å². The molecule has 0 aliphatic heterocycles. The van der Waals surface area contributed by atoms with Gasteiger partial charge in [0.25, 0.3) is 0 Å². The summed E-state index contributed by atoms with van der Waals surface area (Å²) in [5.41, 5.74) is 5.81. The maximum absolute atomic E-state index is 14.2. The normalized spacial score (nSPS) is 16.9. The monoisotopic (exact) mass is 638 g/mol. The third-order valence-corrected chi connectivity index (χ3v) is 9.68. The summed E-state index contributed by atoms with van der Waals surface area (Å²) in [5.74, 6) is -1.26. The van der Waals surface area contributed by atoms with Crippen molar-refractivity contribution < 1.29 is 26.3 Å². The summed E-state index contributed by atoms with van der Waals surface area (Å²) >= 11 is 0. The Bertz CT molecular complexity index is 1640. The Kier molecular flexibility index (Phi) is 8.06. The van der Waals surface area contributed by atoms with E-state index >= 15 is 0 Å². The molecule has 0 aromatic heterocycles. The van der Waals surface area contributed by atoms with Crippen LogP contribution in [0.2, 0.25) is 0 Å². The number of hydrogen-bond acceptors (Lipinski definition) is 0. The fraction of sp³-hybridized carbons (Fsp3) is 0.450. The molecule has 0 N–H and O–H groups in total. The molecule has 2 aliphatic carbocycles. The Hall–Kier alpha value is -3.28. The molecule has 1 atom stereocenters. The first kappa shape index (κ1) is 34.1. The van der Waals surface area contributed by atoms with Gasteiger partial charge in [-0.15, -0.1) is 0 Å². The molecule has 5 rings (SSSR count). The van der Waals surface area contributed by atoms with Crippen LogP contribution >= 0.6 is 0 Å². The molecule has 0 saturated carbocycles. The standard InChI is InChI=1S/C40H44F6/c1-22-15-26(38(8,9)10)21-31(22)34(23-16-27(39(41,42)43)18-28(17-23)40(44,45)46)35-29-13-11-24(36(2,3)4)19-32(29)33-20-25(37(5,6)7)12-14-30(33)35/h11-14,16-21,34-35H,15H2,1-10H3. The first-order chi connectivity index (χ1) is 20.9. The molecule has 0 fully saturated rings. The van der Waals surface area contributed by atoms with E-state index in [1.807, 2.05) is 25.1 Å². The number of fused-ring (bicyclic) bond motifs is 3. The minimum Gasteiger partial charge on any atom is -0.166 e. The number of halogens is 6. The number of benzene rings is 3. The summed E-state index contributed by atoms with van der Waals surface area (Å²) in [6, 6.07) is 14.6. The lowest BCUT2D eigenvalue weighted by Gasteiger charge is -2.30. The summed E-state index contributed by atoms with van der Waals surface area (Å²) in [6.45, 7) is 21.0. The fourth-order valence-electron chi connectivity index (χ4n) is 6.88. The summed E-state index contributed by atoms with van der Waals surface area (Å²) in [6.07, 6.45) is -7.22. The number of alkyl halides is 6. The van der Waals surface area contributed by atoms with Gasteiger partial charge in [0.1, 0.15) is 0 Å². The van der Waals surface area contributed by atoms with Crippen LogP contribution in [0.15, 0.2) is 77.4 Å². The lowest BCUT2D eigenvalue weighted by Crippen LogP contribution is -2.18. The van der Waals surface area contributed by atoms with Crippen LogP contribution in [-0.4, -0.2) is 0 Å². The lowest BCUT2D eigenvalue weighted by molar-refractivity contribution is -0.143. The Morgan fingerprint density at radius 2 is 1.00 bits per heavy atom. The van der Waals surface area contributed by atoms with Crippen molar-refractivity contribution in [3.63, 3.8) is 0 Å². The van der Waals surface area contributed by atoms with Crippen LogP contribution in [0.3, 0.4) is 0 Å². The van der Waals surface area contributed by atoms with Crippen molar-refractivity contribution in [2.45, 2.75) is 111 Å². The van der Waals surface area contributed by atoms with Gasteiger partial charge in [-0.1, -0.05) is 116 Å². The van der Waals surface area contributed by atoms with E-state index in [1.54, 1.807) is 0 Å². The third-order valence-electron chi connectivity index (χ3n) is 9.68. The predicted octanol–water partition coefficient (Wildman–Crippen LogP) is 12.9. The average molecular weight is 639 g/mol. The summed E-state index contributed by atoms with van der Waals surface area (Å²) in [5, 5.41) is 0. The van der Waals surface area contributed by atoms with E-state index in [1.165, 1.54) is 0 Å². The van der Waals surface area contributed by atoms with Crippen molar-refractivity contribution in [2.75, 3.05) is 0 Å². The van der Waals surface area contributed by atoms with Gasteiger partial charge in [-0.25, -0.2) is 0 Å². The highest BCUT2D eigenvalue weighted by Gasteiger charge is 2.43. The predicted molar refractivity (Wildman–Crippen MR) is 175 cm³/mol. The maximum atomic E-state index is 14.2. The van der Waals surface area contributed by atoms with E-state index in [0.717, 1.165) is 62.2 Å². The van der Waals surface area contributed by atoms with Crippen LogP contribution in [0.4, 0.5) is 26.3 Å². The molecule has 0 heterocycles. The van der Waals surface area contributed by atoms with E-state index in [2.05, 4.69) is 86.6 Å². The molecular formula is C40H44F6. The van der Waals surface area contributed by atoms with E-state index in [9.17, 15) is 26.3 Å². The Labute approximate surface area is 269 Å². The van der Waals surface area contributed by atoms with E-state index in [-0.39, 0.29) is 27.9 Å². The van der Waals surface area contributed by atoms with Crippen LogP contribution in [0.1, 0.15) is 126 Å². The first-order valence-electron chi connectivity index (χ1n) is 15.9. The molecule has 0 radical (unpaired) electrons. The van der Waals surface area contributed by atoms with Crippen molar-refractivity contribution in [3.05, 3.63) is 116 Å². The van der Waals surface area contributed by atoms with Gasteiger partial charge < -0.3 is 0 Å². The van der Waals surface area contributed by atoms with Gasteiger partial charge in [-0.05, 0) is 92.3 Å². The van der Waals surface area contributed by atoms with Crippen molar-refractivity contribution in [2.24, 2.45) is 5.41 Å². The first-order valence-corrected chi connectivity index (χ1v) is 15.9. The highest BCUT2D eigenvalue weighted by Crippen LogP contribution is 2.57. The summed E-state index contributed by atoms with van der Waals surface area (Å²) in [4.78, 5) is 0. The van der Waals surface area contributed by atoms with Crippen molar-refractivity contribution >= 4 is 0 Å². The van der Waals surface area contributed by atoms with Gasteiger partial charge in [0.05, 0.1) is 11.1 Å². The second-order valence-corrected chi connectivity index (χ2v) is 16.2. The topological polar surface area (TPSA) is 0 Å². The molecular weight excluding hydrogens is 594 g/mol. The van der Waals surface area contributed by atoms with E-state index < -0.39 is 35.3 Å². The quantitative estimate of drug-likeness (QED) is 0.251. The van der Waals surface area contributed by atoms with Gasteiger partial charge in [0.2, 0.25) is 0 Å². The largest absolute Gasteiger partial charge is 0.416 e. The molecule has 246 valence electrons. The minimum absolute atomic E-state index is 0.0199. The summed E-state index contributed by atoms with van der Waals surface area (Å²) in [7, 11) is 0. The second kappa shape index (κ2) is 10.9. The van der Waals surface area contributed by atoms with E-state index in [4.69, 9.17) is 0 Å². The Balaban J connectivity index is 1.88. The van der Waals surface area contributed by atoms with Gasteiger partial charge in [-0.2, -0.15) is 26.3 Å². The Morgan fingerprint density at radius 3 is 1.35 bits per heavy atom. The molecule has 0 saturated heterocycles. The maximum Gasteiger partial charge on any atom is 0.416 e. The van der Waals surface area contributed by atoms with E-state index in [0.29, 0.717) is 6.42 Å². The molecule has 2 aliphatic rings. The zero-order chi connectivity index (χ0) is 34.4. The second-order valence-electron chi connectivity index (χ2n) is 16.2. The molecule has 3 aromatic carbocycles. The lowest BCUT2D eigenvalue weighted by atomic mass is 9.73. The third kappa shape index (κ3) is 6.33. The molecule has 6 heteroatoms. The smallest absolute Gasteiger partial charge is 0.166 e. The SMILES string of the molecule is CC1=C(C(c2cc(C(F)(F)F)cc(C(F)(F)F)c2)C2c3ccc(C(C)(C)C)cc3-c3cc(C(C)(C)C)ccc32)C=C(C(C)(C)C)C1. The van der Waals surface area contributed by atoms with Crippen molar-refractivity contribution in [3.8, 4) is 11.1 Å². The van der Waals surface area contributed by atoms with Gasteiger partial charge in [0.15, 0.2) is 0 Å². The molecule has 46 heavy (non-hydrogen) atoms. The fourth-order valence-corrected chi connectivity index (χ4v) is 6.88. The molecule has 0 nitrogen and oxygen atoms in total. The molecule has 0 spiro atoms. The van der Waals surface area contributed by atoms with Crippen LogP contribution in [-0.2, 0) is 23.2 Å². The zero-order valence-electron chi connectivity index (χ0n) is 28.4. The van der Waals surface area contributed by atoms with Crippen molar-refractivity contribution in [1.82, 2.24) is 0 Å². The van der Waals surface area contributed by atoms with Crippen molar-refractivity contribution in [1.29, 1.82) is 0 Å². The van der Waals surface area contributed by atoms with Crippen LogP contribution < -0.4 is 0 Å². The highest BCUT2D eigenvalue weighted by molar-refractivity contribution is 5.81. The van der Waals surface area contributed by atoms with Crippen LogP contribution in [0, 0.1) is 5.41 Å². The molecule has 0 amide bonds. The minimum atomic E-state index is -4.94. The Morgan fingerprint density at radius 1 is 0.565 bits per heavy atom. The number of allylic oxidation sites excluding steroid dienone is 4. The average Bonchev–Trinajstić information content (AvgIpc) is 3.45. The van der Waals surface area contributed by atoms with Gasteiger partial charge in [-0.3, -0.25) is 0 Å². The number of hydrogen-bond donors (Lipinski definition) is 0. The number of rotatable bonds is 3. The molecule has 1 unspecified atom stereocenters. The molecule has 0 bridgehead atoms. The molecule has 3 aromatic rings. The summed E-state index contributed by atoms with van der Waals surface area (Å²) < 4.78 is 85.5. The zero-order valence-corrected chi connectivity index (χ0v) is 28.4. The highest BCUT2D eigenvalue weighted by atomic mass is 19.4. The van der Waals surface area contributed by atoms with Gasteiger partial charge >= 0.3 is 12.4 Å². The van der Waals surface area contributed by atoms with Crippen LogP contribution in [0.25, 0.3) is 11.1 Å².